The van der Waals surface area contributed by atoms with Crippen LogP contribution in [0.25, 0.3) is 0 Å². The molecular weight excluding hydrogens is 156 g/mol. The van der Waals surface area contributed by atoms with E-state index in [2.05, 4.69) is 0 Å². The van der Waals surface area contributed by atoms with Crippen LogP contribution in [0.3, 0.4) is 0 Å². The molecule has 0 unspecified atom stereocenters. The third-order valence-electron chi connectivity index (χ3n) is 2.30. The summed E-state index contributed by atoms with van der Waals surface area (Å²) in [7, 11) is 0. The molecule has 0 aliphatic heterocycles. The molecule has 1 aliphatic carbocycles. The molecule has 0 spiro atoms. The van der Waals surface area contributed by atoms with E-state index in [9.17, 15) is 9.59 Å². The van der Waals surface area contributed by atoms with Gasteiger partial charge in [0.05, 0.1) is 6.61 Å². The molecule has 3 heteroatoms. The van der Waals surface area contributed by atoms with Crippen molar-refractivity contribution in [3.63, 3.8) is 0 Å². The van der Waals surface area contributed by atoms with Crippen LogP contribution in [0.5, 0.6) is 0 Å². The van der Waals surface area contributed by atoms with Crippen LogP contribution in [0, 0.1) is 11.8 Å². The molecule has 0 amide bonds. The van der Waals surface area contributed by atoms with Crippen molar-refractivity contribution in [2.45, 2.75) is 26.7 Å². The van der Waals surface area contributed by atoms with Gasteiger partial charge < -0.3 is 4.74 Å². The quantitative estimate of drug-likeness (QED) is 0.461. The monoisotopic (exact) mass is 170 g/mol. The van der Waals surface area contributed by atoms with Crippen molar-refractivity contribution in [2.75, 3.05) is 6.61 Å². The highest BCUT2D eigenvalue weighted by Crippen LogP contribution is 2.28. The summed E-state index contributed by atoms with van der Waals surface area (Å²) in [5.41, 5.74) is 0. The maximum Gasteiger partial charge on any atom is 0.316 e. The van der Waals surface area contributed by atoms with Gasteiger partial charge in [0.2, 0.25) is 0 Å². The Bertz CT molecular complexity index is 198. The molecular formula is C9H14O3. The van der Waals surface area contributed by atoms with Crippen LogP contribution >= 0.6 is 0 Å². The largest absolute Gasteiger partial charge is 0.465 e. The average molecular weight is 170 g/mol. The number of ether oxygens (including phenoxy) is 1. The molecule has 0 heterocycles. The maximum atomic E-state index is 11.2. The summed E-state index contributed by atoms with van der Waals surface area (Å²) in [6.07, 6.45) is 1.35. The fourth-order valence-corrected chi connectivity index (χ4v) is 1.61. The summed E-state index contributed by atoms with van der Waals surface area (Å²) < 4.78 is 4.81. The van der Waals surface area contributed by atoms with E-state index in [-0.39, 0.29) is 17.7 Å². The van der Waals surface area contributed by atoms with Crippen molar-refractivity contribution in [3.05, 3.63) is 0 Å². The van der Waals surface area contributed by atoms with Gasteiger partial charge in [-0.3, -0.25) is 9.59 Å². The number of hydrogen-bond donors (Lipinski definition) is 0. The molecule has 68 valence electrons. The van der Waals surface area contributed by atoms with Gasteiger partial charge in [0.1, 0.15) is 11.7 Å². The molecule has 0 saturated heterocycles. The SMILES string of the molecule is CCOC(=O)[C@H]1C(=O)CC[C@H]1C. The maximum absolute atomic E-state index is 11.2. The predicted octanol–water partition coefficient (Wildman–Crippen LogP) is 1.16. The first kappa shape index (κ1) is 9.23. The van der Waals surface area contributed by atoms with E-state index in [1.165, 1.54) is 0 Å². The Kier molecular flexibility index (Phi) is 2.84. The standard InChI is InChI=1S/C9H14O3/c1-3-12-9(11)8-6(2)4-5-7(8)10/h6,8H,3-5H2,1-2H3/t6-,8-/m1/s1. The third kappa shape index (κ3) is 1.65. The second-order valence-electron chi connectivity index (χ2n) is 3.21. The molecule has 1 saturated carbocycles. The number of rotatable bonds is 2. The molecule has 1 rings (SSSR count). The van der Waals surface area contributed by atoms with Gasteiger partial charge in [-0.25, -0.2) is 0 Å². The van der Waals surface area contributed by atoms with Gasteiger partial charge in [-0.2, -0.15) is 0 Å². The fourth-order valence-electron chi connectivity index (χ4n) is 1.61. The van der Waals surface area contributed by atoms with Crippen LogP contribution in [0.4, 0.5) is 0 Å². The number of Topliss-reactive ketones (excluding diaryl/α,β-unsaturated/α-hetero) is 1. The average Bonchev–Trinajstić information content (AvgIpc) is 2.32. The molecule has 1 aliphatic rings. The molecule has 2 atom stereocenters. The Hall–Kier alpha value is -0.860. The van der Waals surface area contributed by atoms with Crippen LogP contribution in [-0.2, 0) is 14.3 Å². The highest BCUT2D eigenvalue weighted by molar-refractivity contribution is 6.00. The van der Waals surface area contributed by atoms with Gasteiger partial charge in [0.25, 0.3) is 0 Å². The minimum Gasteiger partial charge on any atom is -0.465 e. The lowest BCUT2D eigenvalue weighted by molar-refractivity contribution is -0.151. The summed E-state index contributed by atoms with van der Waals surface area (Å²) in [5, 5.41) is 0. The van der Waals surface area contributed by atoms with E-state index in [1.54, 1.807) is 6.92 Å². The van der Waals surface area contributed by atoms with Gasteiger partial charge in [-0.15, -0.1) is 0 Å². The van der Waals surface area contributed by atoms with Crippen molar-refractivity contribution < 1.29 is 14.3 Å². The minimum atomic E-state index is -0.482. The zero-order valence-corrected chi connectivity index (χ0v) is 7.50. The first-order valence-corrected chi connectivity index (χ1v) is 4.36. The van der Waals surface area contributed by atoms with Crippen LogP contribution in [-0.4, -0.2) is 18.4 Å². The van der Waals surface area contributed by atoms with E-state index in [4.69, 9.17) is 4.74 Å². The van der Waals surface area contributed by atoms with E-state index < -0.39 is 5.92 Å². The molecule has 1 fully saturated rings. The molecule has 3 nitrogen and oxygen atoms in total. The smallest absolute Gasteiger partial charge is 0.316 e. The van der Waals surface area contributed by atoms with Gasteiger partial charge in [0.15, 0.2) is 0 Å². The Labute approximate surface area is 72.1 Å². The minimum absolute atomic E-state index is 0.0425. The zero-order valence-electron chi connectivity index (χ0n) is 7.50. The lowest BCUT2D eigenvalue weighted by atomic mass is 9.98. The van der Waals surface area contributed by atoms with Gasteiger partial charge in [-0.1, -0.05) is 6.92 Å². The molecule has 0 aromatic rings. The Balaban J connectivity index is 2.59. The van der Waals surface area contributed by atoms with Crippen molar-refractivity contribution >= 4 is 11.8 Å². The van der Waals surface area contributed by atoms with Gasteiger partial charge in [-0.05, 0) is 19.3 Å². The first-order chi connectivity index (χ1) is 5.66. The summed E-state index contributed by atoms with van der Waals surface area (Å²) in [6.45, 7) is 4.03. The van der Waals surface area contributed by atoms with Gasteiger partial charge >= 0.3 is 5.97 Å². The van der Waals surface area contributed by atoms with Crippen molar-refractivity contribution in [1.82, 2.24) is 0 Å². The zero-order chi connectivity index (χ0) is 9.14. The fraction of sp³-hybridized carbons (Fsp3) is 0.778. The number of ketones is 1. The number of carbonyl (C=O) groups is 2. The lowest BCUT2D eigenvalue weighted by Gasteiger charge is -2.11. The number of esters is 1. The molecule has 12 heavy (non-hydrogen) atoms. The molecule has 0 aromatic carbocycles. The van der Waals surface area contributed by atoms with E-state index in [1.807, 2.05) is 6.92 Å². The summed E-state index contributed by atoms with van der Waals surface area (Å²) in [4.78, 5) is 22.4. The van der Waals surface area contributed by atoms with Gasteiger partial charge in [0, 0.05) is 6.42 Å². The van der Waals surface area contributed by atoms with Crippen LogP contribution < -0.4 is 0 Å². The summed E-state index contributed by atoms with van der Waals surface area (Å²) in [5.74, 6) is -0.616. The topological polar surface area (TPSA) is 43.4 Å². The predicted molar refractivity (Wildman–Crippen MR) is 43.5 cm³/mol. The molecule has 0 N–H and O–H groups in total. The van der Waals surface area contributed by atoms with Crippen molar-refractivity contribution in [1.29, 1.82) is 0 Å². The third-order valence-corrected chi connectivity index (χ3v) is 2.30. The molecule has 0 bridgehead atoms. The van der Waals surface area contributed by atoms with E-state index >= 15 is 0 Å². The van der Waals surface area contributed by atoms with Crippen molar-refractivity contribution in [3.8, 4) is 0 Å². The Morgan fingerprint density at radius 3 is 2.75 bits per heavy atom. The summed E-state index contributed by atoms with van der Waals surface area (Å²) in [6, 6.07) is 0. The number of carbonyl (C=O) groups excluding carboxylic acids is 2. The second-order valence-corrected chi connectivity index (χ2v) is 3.21. The highest BCUT2D eigenvalue weighted by atomic mass is 16.5. The van der Waals surface area contributed by atoms with Crippen LogP contribution in [0.2, 0.25) is 0 Å². The van der Waals surface area contributed by atoms with E-state index in [0.717, 1.165) is 6.42 Å². The van der Waals surface area contributed by atoms with Crippen molar-refractivity contribution in [2.24, 2.45) is 11.8 Å². The first-order valence-electron chi connectivity index (χ1n) is 4.36. The lowest BCUT2D eigenvalue weighted by Crippen LogP contribution is -2.25. The van der Waals surface area contributed by atoms with Crippen LogP contribution in [0.15, 0.2) is 0 Å². The second kappa shape index (κ2) is 3.70. The molecule has 0 aromatic heterocycles. The highest BCUT2D eigenvalue weighted by Gasteiger charge is 2.38. The Morgan fingerprint density at radius 2 is 2.33 bits per heavy atom. The normalized spacial score (nSPS) is 29.0. The summed E-state index contributed by atoms with van der Waals surface area (Å²) >= 11 is 0. The number of hydrogen-bond acceptors (Lipinski definition) is 3. The molecule has 0 radical (unpaired) electrons. The Morgan fingerprint density at radius 1 is 1.67 bits per heavy atom. The van der Waals surface area contributed by atoms with Crippen LogP contribution in [0.1, 0.15) is 26.7 Å². The van der Waals surface area contributed by atoms with E-state index in [0.29, 0.717) is 13.0 Å².